The van der Waals surface area contributed by atoms with Crippen molar-refractivity contribution in [1.29, 1.82) is 5.26 Å². The first-order chi connectivity index (χ1) is 16.8. The van der Waals surface area contributed by atoms with Gasteiger partial charge in [-0.3, -0.25) is 4.79 Å². The quantitative estimate of drug-likeness (QED) is 0.546. The number of nitrogens with zero attached hydrogens (tertiary/aromatic N) is 4. The van der Waals surface area contributed by atoms with Gasteiger partial charge in [-0.25, -0.2) is 18.7 Å². The van der Waals surface area contributed by atoms with E-state index in [1.807, 2.05) is 10.8 Å². The summed E-state index contributed by atoms with van der Waals surface area (Å²) in [5.74, 6) is 0.0794. The molecule has 0 radical (unpaired) electrons. The number of aromatic nitrogens is 3. The first-order valence-corrected chi connectivity index (χ1v) is 11.4. The predicted molar refractivity (Wildman–Crippen MR) is 124 cm³/mol. The number of pyridine rings is 2. The van der Waals surface area contributed by atoms with E-state index in [9.17, 15) is 18.8 Å². The molecule has 1 N–H and O–H groups in total. The zero-order valence-corrected chi connectivity index (χ0v) is 19.4. The number of halogens is 2. The van der Waals surface area contributed by atoms with E-state index in [1.54, 1.807) is 12.3 Å². The third-order valence-corrected chi connectivity index (χ3v) is 6.93. The van der Waals surface area contributed by atoms with Gasteiger partial charge < -0.3 is 19.4 Å². The first kappa shape index (κ1) is 23.3. The van der Waals surface area contributed by atoms with Gasteiger partial charge in [-0.1, -0.05) is 0 Å². The Hall–Kier alpha value is -3.42. The second kappa shape index (κ2) is 8.98. The lowest BCUT2D eigenvalue weighted by molar-refractivity contribution is -0.114. The Balaban J connectivity index is 1.69. The largest absolute Gasteiger partial charge is 0.378 e. The molecule has 1 saturated heterocycles. The van der Waals surface area contributed by atoms with E-state index in [-0.39, 0.29) is 30.0 Å². The highest BCUT2D eigenvalue weighted by Crippen LogP contribution is 2.43. The highest BCUT2D eigenvalue weighted by molar-refractivity contribution is 5.98. The first-order valence-electron chi connectivity index (χ1n) is 11.4. The number of ether oxygens (including phenoxy) is 2. The number of amides is 1. The van der Waals surface area contributed by atoms with Gasteiger partial charge in [0.25, 0.3) is 6.43 Å². The molecule has 3 aromatic heterocycles. The number of fused-ring (bicyclic) bond motifs is 1. The van der Waals surface area contributed by atoms with Gasteiger partial charge in [0.05, 0.1) is 41.7 Å². The van der Waals surface area contributed by atoms with Crippen molar-refractivity contribution in [2.45, 2.75) is 44.3 Å². The average molecular weight is 482 g/mol. The number of hydrogen-bond acceptors (Lipinski definition) is 6. The highest BCUT2D eigenvalue weighted by Gasteiger charge is 2.39. The third kappa shape index (κ3) is 4.15. The number of methoxy groups -OCH3 is 1. The summed E-state index contributed by atoms with van der Waals surface area (Å²) in [6.07, 6.45) is 2.76. The van der Waals surface area contributed by atoms with Gasteiger partial charge >= 0.3 is 0 Å². The lowest BCUT2D eigenvalue weighted by atomic mass is 9.81. The molecule has 5 rings (SSSR count). The zero-order valence-electron chi connectivity index (χ0n) is 19.4. The van der Waals surface area contributed by atoms with Crippen LogP contribution < -0.4 is 5.32 Å². The van der Waals surface area contributed by atoms with Crippen LogP contribution >= 0.6 is 0 Å². The highest BCUT2D eigenvalue weighted by atomic mass is 19.3. The van der Waals surface area contributed by atoms with Crippen molar-refractivity contribution in [3.05, 3.63) is 41.9 Å². The maximum absolute atomic E-state index is 14.0. The minimum absolute atomic E-state index is 0.0108. The van der Waals surface area contributed by atoms with Crippen LogP contribution in [0.1, 0.15) is 49.9 Å². The van der Waals surface area contributed by atoms with Crippen LogP contribution in [0.25, 0.3) is 22.2 Å². The summed E-state index contributed by atoms with van der Waals surface area (Å²) in [6.45, 7) is 2.08. The van der Waals surface area contributed by atoms with Gasteiger partial charge in [0, 0.05) is 55.8 Å². The molecule has 35 heavy (non-hydrogen) atoms. The lowest BCUT2D eigenvalue weighted by Crippen LogP contribution is -2.30. The molecule has 1 saturated carbocycles. The summed E-state index contributed by atoms with van der Waals surface area (Å²) in [5, 5.41) is 12.6. The van der Waals surface area contributed by atoms with Crippen molar-refractivity contribution in [1.82, 2.24) is 14.5 Å². The van der Waals surface area contributed by atoms with Crippen LogP contribution in [0.3, 0.4) is 0 Å². The molecule has 1 aliphatic carbocycles. The van der Waals surface area contributed by atoms with Gasteiger partial charge in [0.15, 0.2) is 0 Å². The predicted octanol–water partition coefficient (Wildman–Crippen LogP) is 4.73. The smallest absolute Gasteiger partial charge is 0.263 e. The Labute approximate surface area is 200 Å². The van der Waals surface area contributed by atoms with Crippen LogP contribution in [0.5, 0.6) is 0 Å². The van der Waals surface area contributed by atoms with Crippen molar-refractivity contribution in [3.63, 3.8) is 0 Å². The fourth-order valence-corrected chi connectivity index (χ4v) is 4.89. The number of anilines is 1. The number of carbonyl (C=O) groups is 1. The lowest BCUT2D eigenvalue weighted by Gasteiger charge is -2.32. The van der Waals surface area contributed by atoms with Crippen LogP contribution in [0.4, 0.5) is 14.6 Å². The summed E-state index contributed by atoms with van der Waals surface area (Å²) in [5.41, 5.74) is 1.15. The molecule has 0 aromatic carbocycles. The molecule has 182 valence electrons. The standard InChI is InChI=1S/C25H25F2N5O3/c1-14(33)30-23-9-18-19(12-32(21(18)11-29-23)17-5-15(6-17)10-28)20-7-16(24(26)27)8-22(31-20)25(34-2)3-4-35-13-25/h7-9,11-12,15,17,24H,3-6,13H2,1-2H3,(H,29,30,33)/t15?,17?,25-/m0/s1. The Morgan fingerprint density at radius 3 is 2.80 bits per heavy atom. The maximum Gasteiger partial charge on any atom is 0.263 e. The molecule has 1 aliphatic heterocycles. The van der Waals surface area contributed by atoms with Crippen LogP contribution in [-0.2, 0) is 19.9 Å². The molecule has 0 bridgehead atoms. The zero-order chi connectivity index (χ0) is 24.7. The van der Waals surface area contributed by atoms with Crippen LogP contribution in [0.2, 0.25) is 0 Å². The minimum Gasteiger partial charge on any atom is -0.378 e. The minimum atomic E-state index is -2.69. The molecule has 4 heterocycles. The van der Waals surface area contributed by atoms with Gasteiger partial charge in [0.2, 0.25) is 5.91 Å². The molecule has 1 atom stereocenters. The van der Waals surface area contributed by atoms with Crippen LogP contribution in [0, 0.1) is 17.2 Å². The van der Waals surface area contributed by atoms with Crippen molar-refractivity contribution in [2.24, 2.45) is 5.92 Å². The van der Waals surface area contributed by atoms with Crippen molar-refractivity contribution < 1.29 is 23.0 Å². The molecule has 3 aromatic rings. The third-order valence-electron chi connectivity index (χ3n) is 6.93. The van der Waals surface area contributed by atoms with E-state index < -0.39 is 12.0 Å². The number of nitrogens with one attached hydrogen (secondary N) is 1. The Morgan fingerprint density at radius 1 is 1.37 bits per heavy atom. The van der Waals surface area contributed by atoms with Crippen molar-refractivity contribution in [2.75, 3.05) is 25.6 Å². The maximum atomic E-state index is 14.0. The van der Waals surface area contributed by atoms with E-state index in [4.69, 9.17) is 14.5 Å². The second-order valence-corrected chi connectivity index (χ2v) is 9.14. The normalized spacial score (nSPS) is 23.9. The number of carbonyl (C=O) groups excluding carboxylic acids is 1. The Morgan fingerprint density at radius 2 is 2.17 bits per heavy atom. The number of nitriles is 1. The molecular formula is C25H25F2N5O3. The summed E-state index contributed by atoms with van der Waals surface area (Å²) >= 11 is 0. The molecule has 2 aliphatic rings. The van der Waals surface area contributed by atoms with E-state index in [0.29, 0.717) is 48.6 Å². The van der Waals surface area contributed by atoms with Crippen molar-refractivity contribution >= 4 is 22.6 Å². The summed E-state index contributed by atoms with van der Waals surface area (Å²) in [4.78, 5) is 20.8. The summed E-state index contributed by atoms with van der Waals surface area (Å²) in [6, 6.07) is 6.89. The number of hydrogen-bond donors (Lipinski definition) is 1. The fraction of sp³-hybridized carbons (Fsp3) is 0.440. The molecular weight excluding hydrogens is 456 g/mol. The SMILES string of the molecule is CO[C@@]1(c2cc(C(F)F)cc(-c3cn(C4CC(C#N)C4)c4cnc(NC(C)=O)cc34)n2)CCOC1. The fourth-order valence-electron chi connectivity index (χ4n) is 4.89. The Kier molecular flexibility index (Phi) is 5.99. The van der Waals surface area contributed by atoms with Crippen molar-refractivity contribution in [3.8, 4) is 17.3 Å². The molecule has 10 heteroatoms. The van der Waals surface area contributed by atoms with Crippen LogP contribution in [-0.4, -0.2) is 40.8 Å². The van der Waals surface area contributed by atoms with Gasteiger partial charge in [0.1, 0.15) is 11.4 Å². The summed E-state index contributed by atoms with van der Waals surface area (Å²) in [7, 11) is 1.53. The average Bonchev–Trinajstić information content (AvgIpc) is 3.44. The molecule has 2 fully saturated rings. The number of alkyl halides is 2. The molecule has 0 unspecified atom stereocenters. The summed E-state index contributed by atoms with van der Waals surface area (Å²) < 4.78 is 41.2. The van der Waals surface area contributed by atoms with E-state index >= 15 is 0 Å². The van der Waals surface area contributed by atoms with E-state index in [1.165, 1.54) is 26.2 Å². The van der Waals surface area contributed by atoms with Gasteiger partial charge in [-0.05, 0) is 31.0 Å². The second-order valence-electron chi connectivity index (χ2n) is 9.14. The van der Waals surface area contributed by atoms with Gasteiger partial charge in [-0.15, -0.1) is 0 Å². The molecule has 0 spiro atoms. The number of rotatable bonds is 6. The Bertz CT molecular complexity index is 1320. The monoisotopic (exact) mass is 481 g/mol. The molecule has 8 nitrogen and oxygen atoms in total. The topological polar surface area (TPSA) is 102 Å². The van der Waals surface area contributed by atoms with Gasteiger partial charge in [-0.2, -0.15) is 5.26 Å². The molecule has 1 amide bonds. The van der Waals surface area contributed by atoms with E-state index in [0.717, 1.165) is 10.9 Å². The van der Waals surface area contributed by atoms with Crippen LogP contribution in [0.15, 0.2) is 30.6 Å². The van der Waals surface area contributed by atoms with E-state index in [2.05, 4.69) is 16.4 Å².